The monoisotopic (exact) mass is 328 g/mol. The van der Waals surface area contributed by atoms with Crippen LogP contribution in [0.5, 0.6) is 0 Å². The van der Waals surface area contributed by atoms with E-state index in [0.29, 0.717) is 0 Å². The van der Waals surface area contributed by atoms with E-state index in [-0.39, 0.29) is 21.4 Å². The highest BCUT2D eigenvalue weighted by molar-refractivity contribution is 14.1. The first kappa shape index (κ1) is 12.2. The van der Waals surface area contributed by atoms with Crippen LogP contribution in [-0.4, -0.2) is 16.1 Å². The molecular formula is C8H7F2IN2O2. The van der Waals surface area contributed by atoms with Gasteiger partial charge >= 0.3 is 5.97 Å². The number of hydrogen-bond donors (Lipinski definition) is 2. The van der Waals surface area contributed by atoms with Gasteiger partial charge in [0.2, 0.25) is 0 Å². The van der Waals surface area contributed by atoms with E-state index in [1.54, 1.807) is 22.6 Å². The van der Waals surface area contributed by atoms with E-state index in [2.05, 4.69) is 4.98 Å². The molecule has 0 aliphatic rings. The number of carbonyl (C=O) groups is 1. The molecule has 7 heteroatoms. The number of nitrogens with zero attached hydrogens (tertiary/aromatic N) is 1. The quantitative estimate of drug-likeness (QED) is 0.655. The van der Waals surface area contributed by atoms with Crippen LogP contribution in [0.4, 0.5) is 8.78 Å². The molecule has 0 atom stereocenters. The molecule has 82 valence electrons. The minimum absolute atomic E-state index is 0.0263. The number of hydrogen-bond acceptors (Lipinski definition) is 3. The second-order valence-electron chi connectivity index (χ2n) is 2.68. The Morgan fingerprint density at radius 1 is 1.67 bits per heavy atom. The predicted molar refractivity (Wildman–Crippen MR) is 56.8 cm³/mol. The molecule has 0 aromatic carbocycles. The van der Waals surface area contributed by atoms with Crippen molar-refractivity contribution < 1.29 is 18.7 Å². The van der Waals surface area contributed by atoms with Crippen LogP contribution in [0.3, 0.4) is 0 Å². The van der Waals surface area contributed by atoms with Gasteiger partial charge in [-0.1, -0.05) is 0 Å². The van der Waals surface area contributed by atoms with E-state index in [1.807, 2.05) is 0 Å². The van der Waals surface area contributed by atoms with Crippen molar-refractivity contribution in [2.45, 2.75) is 13.0 Å². The summed E-state index contributed by atoms with van der Waals surface area (Å²) in [5.41, 5.74) is 4.89. The third kappa shape index (κ3) is 2.59. The van der Waals surface area contributed by atoms with E-state index in [0.717, 1.165) is 6.07 Å². The lowest BCUT2D eigenvalue weighted by atomic mass is 10.1. The van der Waals surface area contributed by atoms with Gasteiger partial charge in [0.05, 0.1) is 5.56 Å². The predicted octanol–water partition coefficient (Wildman–Crippen LogP) is 1.78. The first-order valence-electron chi connectivity index (χ1n) is 3.88. The molecular weight excluding hydrogens is 321 g/mol. The van der Waals surface area contributed by atoms with Crippen molar-refractivity contribution in [2.24, 2.45) is 5.73 Å². The molecule has 0 fully saturated rings. The lowest BCUT2D eigenvalue weighted by molar-refractivity contribution is 0.0693. The number of carboxylic acids is 1. The average molecular weight is 328 g/mol. The summed E-state index contributed by atoms with van der Waals surface area (Å²) in [5.74, 6) is -1.21. The zero-order chi connectivity index (χ0) is 11.6. The number of halogens is 3. The molecule has 0 bridgehead atoms. The van der Waals surface area contributed by atoms with E-state index < -0.39 is 18.1 Å². The molecule has 0 aliphatic heterocycles. The molecule has 0 saturated heterocycles. The Balaban J connectivity index is 3.37. The van der Waals surface area contributed by atoms with Gasteiger partial charge in [-0.25, -0.2) is 18.6 Å². The van der Waals surface area contributed by atoms with Crippen molar-refractivity contribution >= 4 is 28.6 Å². The van der Waals surface area contributed by atoms with Crippen LogP contribution in [0.1, 0.15) is 28.0 Å². The van der Waals surface area contributed by atoms with E-state index >= 15 is 0 Å². The summed E-state index contributed by atoms with van der Waals surface area (Å²) in [6.45, 7) is -0.111. The van der Waals surface area contributed by atoms with Gasteiger partial charge in [-0.05, 0) is 34.2 Å². The van der Waals surface area contributed by atoms with E-state index in [1.165, 1.54) is 0 Å². The molecule has 1 heterocycles. The maximum absolute atomic E-state index is 12.3. The molecule has 0 saturated carbocycles. The van der Waals surface area contributed by atoms with Gasteiger partial charge < -0.3 is 10.8 Å². The number of rotatable bonds is 3. The van der Waals surface area contributed by atoms with Gasteiger partial charge in [-0.15, -0.1) is 0 Å². The highest BCUT2D eigenvalue weighted by Gasteiger charge is 2.19. The van der Waals surface area contributed by atoms with Crippen molar-refractivity contribution in [3.05, 3.63) is 26.6 Å². The lowest BCUT2D eigenvalue weighted by Crippen LogP contribution is -2.12. The summed E-state index contributed by atoms with van der Waals surface area (Å²) >= 11 is 1.60. The molecule has 1 aromatic heterocycles. The first-order valence-corrected chi connectivity index (χ1v) is 4.96. The molecule has 1 aromatic rings. The Kier molecular flexibility index (Phi) is 3.91. The van der Waals surface area contributed by atoms with Crippen molar-refractivity contribution in [2.75, 3.05) is 0 Å². The maximum atomic E-state index is 12.3. The van der Waals surface area contributed by atoms with Crippen molar-refractivity contribution in [3.63, 3.8) is 0 Å². The summed E-state index contributed by atoms with van der Waals surface area (Å²) in [7, 11) is 0. The van der Waals surface area contributed by atoms with Gasteiger partial charge in [0.25, 0.3) is 6.43 Å². The third-order valence-electron chi connectivity index (χ3n) is 1.73. The second kappa shape index (κ2) is 4.79. The van der Waals surface area contributed by atoms with Crippen molar-refractivity contribution in [3.8, 4) is 0 Å². The van der Waals surface area contributed by atoms with Crippen molar-refractivity contribution in [1.29, 1.82) is 0 Å². The molecule has 0 aliphatic carbocycles. The molecule has 0 unspecified atom stereocenters. The topological polar surface area (TPSA) is 76.2 Å². The minimum Gasteiger partial charge on any atom is -0.478 e. The summed E-state index contributed by atoms with van der Waals surface area (Å²) in [6, 6.07) is 1.02. The number of alkyl halides is 2. The first-order chi connectivity index (χ1) is 6.97. The molecule has 0 spiro atoms. The van der Waals surface area contributed by atoms with Gasteiger partial charge in [0.1, 0.15) is 9.39 Å². The Labute approximate surface area is 97.6 Å². The van der Waals surface area contributed by atoms with Crippen molar-refractivity contribution in [1.82, 2.24) is 4.98 Å². The van der Waals surface area contributed by atoms with Crippen LogP contribution < -0.4 is 5.73 Å². The maximum Gasteiger partial charge on any atom is 0.338 e. The standard InChI is InChI=1S/C8H7F2IN2O2/c9-6(10)4-1-3(2-12)5(8(14)15)7(11)13-4/h1,6H,2,12H2,(H,14,15). The van der Waals surface area contributed by atoms with Crippen LogP contribution in [0.2, 0.25) is 0 Å². The average Bonchev–Trinajstić information content (AvgIpc) is 2.15. The van der Waals surface area contributed by atoms with Gasteiger partial charge in [0.15, 0.2) is 0 Å². The molecule has 3 N–H and O–H groups in total. The Bertz CT molecular complexity index is 398. The van der Waals surface area contributed by atoms with E-state index in [4.69, 9.17) is 10.8 Å². The van der Waals surface area contributed by atoms with Crippen LogP contribution >= 0.6 is 22.6 Å². The van der Waals surface area contributed by atoms with Crippen LogP contribution in [0, 0.1) is 3.70 Å². The number of nitrogens with two attached hydrogens (primary N) is 1. The Hall–Kier alpha value is -0.830. The smallest absolute Gasteiger partial charge is 0.338 e. The molecule has 0 radical (unpaired) electrons. The number of pyridine rings is 1. The van der Waals surface area contributed by atoms with Gasteiger partial charge in [0, 0.05) is 6.54 Å². The second-order valence-corrected chi connectivity index (χ2v) is 3.70. The fourth-order valence-electron chi connectivity index (χ4n) is 1.08. The summed E-state index contributed by atoms with van der Waals surface area (Å²) in [4.78, 5) is 14.3. The molecule has 4 nitrogen and oxygen atoms in total. The largest absolute Gasteiger partial charge is 0.478 e. The van der Waals surface area contributed by atoms with Crippen LogP contribution in [-0.2, 0) is 6.54 Å². The molecule has 15 heavy (non-hydrogen) atoms. The highest BCUT2D eigenvalue weighted by Crippen LogP contribution is 2.23. The van der Waals surface area contributed by atoms with Crippen LogP contribution in [0.25, 0.3) is 0 Å². The Morgan fingerprint density at radius 3 is 2.67 bits per heavy atom. The SMILES string of the molecule is NCc1cc(C(F)F)nc(I)c1C(=O)O. The number of aromatic carboxylic acids is 1. The highest BCUT2D eigenvalue weighted by atomic mass is 127. The molecule has 1 rings (SSSR count). The normalized spacial score (nSPS) is 10.7. The van der Waals surface area contributed by atoms with Gasteiger partial charge in [-0.2, -0.15) is 0 Å². The fourth-order valence-corrected chi connectivity index (χ4v) is 1.94. The summed E-state index contributed by atoms with van der Waals surface area (Å²) < 4.78 is 24.7. The zero-order valence-electron chi connectivity index (χ0n) is 7.38. The van der Waals surface area contributed by atoms with E-state index in [9.17, 15) is 13.6 Å². The number of aromatic nitrogens is 1. The lowest BCUT2D eigenvalue weighted by Gasteiger charge is -2.08. The van der Waals surface area contributed by atoms with Gasteiger partial charge in [-0.3, -0.25) is 0 Å². The molecule has 0 amide bonds. The third-order valence-corrected chi connectivity index (χ3v) is 2.51. The minimum atomic E-state index is -2.73. The Morgan fingerprint density at radius 2 is 2.27 bits per heavy atom. The summed E-state index contributed by atoms with van der Waals surface area (Å²) in [5, 5.41) is 8.82. The fraction of sp³-hybridized carbons (Fsp3) is 0.250. The zero-order valence-corrected chi connectivity index (χ0v) is 9.53. The number of carboxylic acid groups (broad SMARTS) is 1. The van der Waals surface area contributed by atoms with Crippen LogP contribution in [0.15, 0.2) is 6.07 Å². The summed E-state index contributed by atoms with van der Waals surface area (Å²) in [6.07, 6.45) is -2.73.